The molecule has 1 aliphatic rings. The van der Waals surface area contributed by atoms with Gasteiger partial charge in [0.1, 0.15) is 5.82 Å². The number of methoxy groups -OCH3 is 2. The number of aliphatic imine (C=N–C) groups is 1. The number of hydrogen-bond donors (Lipinski definition) is 0. The Morgan fingerprint density at radius 3 is 2.48 bits per heavy atom. The molecule has 0 amide bonds. The van der Waals surface area contributed by atoms with Gasteiger partial charge in [-0.05, 0) is 36.8 Å². The van der Waals surface area contributed by atoms with Gasteiger partial charge in [0.15, 0.2) is 11.5 Å². The normalized spacial score (nSPS) is 15.4. The quantitative estimate of drug-likeness (QED) is 0.658. The lowest BCUT2D eigenvalue weighted by molar-refractivity contribution is 0.354. The van der Waals surface area contributed by atoms with E-state index in [0.29, 0.717) is 22.8 Å². The number of benzene rings is 2. The zero-order chi connectivity index (χ0) is 19.0. The summed E-state index contributed by atoms with van der Waals surface area (Å²) in [6.45, 7) is 2.08. The Morgan fingerprint density at radius 1 is 1.04 bits per heavy atom. The minimum Gasteiger partial charge on any atom is -0.493 e. The highest BCUT2D eigenvalue weighted by Crippen LogP contribution is 2.40. The van der Waals surface area contributed by atoms with Gasteiger partial charge in [0.05, 0.1) is 37.4 Å². The molecule has 0 saturated heterocycles. The summed E-state index contributed by atoms with van der Waals surface area (Å²) in [7, 11) is 3.24. The second kappa shape index (κ2) is 6.91. The van der Waals surface area contributed by atoms with Crippen molar-refractivity contribution in [2.24, 2.45) is 4.99 Å². The fraction of sp³-hybridized carbons (Fsp3) is 0.227. The fourth-order valence-corrected chi connectivity index (χ4v) is 3.61. The predicted molar refractivity (Wildman–Crippen MR) is 104 cm³/mol. The Morgan fingerprint density at radius 2 is 1.78 bits per heavy atom. The molecule has 0 spiro atoms. The van der Waals surface area contributed by atoms with Crippen LogP contribution in [0, 0.1) is 5.82 Å². The lowest BCUT2D eigenvalue weighted by atomic mass is 10.0. The lowest BCUT2D eigenvalue weighted by Crippen LogP contribution is -2.10. The highest BCUT2D eigenvalue weighted by Gasteiger charge is 2.26. The number of ether oxygens (including phenoxy) is 2. The minimum absolute atomic E-state index is 0.116. The van der Waals surface area contributed by atoms with E-state index >= 15 is 0 Å². The van der Waals surface area contributed by atoms with Gasteiger partial charge in [-0.1, -0.05) is 19.1 Å². The van der Waals surface area contributed by atoms with Gasteiger partial charge in [-0.15, -0.1) is 0 Å². The van der Waals surface area contributed by atoms with E-state index in [4.69, 9.17) is 14.5 Å². The summed E-state index contributed by atoms with van der Waals surface area (Å²) in [4.78, 5) is 4.97. The first-order valence-corrected chi connectivity index (χ1v) is 8.94. The highest BCUT2D eigenvalue weighted by molar-refractivity contribution is 6.13. The van der Waals surface area contributed by atoms with Crippen molar-refractivity contribution in [3.8, 4) is 17.2 Å². The van der Waals surface area contributed by atoms with Crippen LogP contribution in [0.25, 0.3) is 5.69 Å². The van der Waals surface area contributed by atoms with Crippen molar-refractivity contribution in [1.29, 1.82) is 0 Å². The predicted octanol–water partition coefficient (Wildman–Crippen LogP) is 4.94. The molecule has 4 nitrogen and oxygen atoms in total. The Hall–Kier alpha value is -3.08. The van der Waals surface area contributed by atoms with Crippen LogP contribution in [0.2, 0.25) is 0 Å². The molecular weight excluding hydrogens is 343 g/mol. The Balaban J connectivity index is 2.01. The Kier molecular flexibility index (Phi) is 4.44. The molecule has 4 rings (SSSR count). The molecule has 138 valence electrons. The summed E-state index contributed by atoms with van der Waals surface area (Å²) in [5.41, 5.74) is 4.00. The van der Waals surface area contributed by atoms with Crippen molar-refractivity contribution < 1.29 is 13.9 Å². The van der Waals surface area contributed by atoms with Crippen LogP contribution in [0.3, 0.4) is 0 Å². The number of rotatable bonds is 4. The molecule has 0 bridgehead atoms. The number of hydrogen-bond acceptors (Lipinski definition) is 3. The number of fused-ring (bicyclic) bond motifs is 3. The molecule has 1 unspecified atom stereocenters. The van der Waals surface area contributed by atoms with Gasteiger partial charge in [0.25, 0.3) is 0 Å². The van der Waals surface area contributed by atoms with Crippen molar-refractivity contribution in [2.75, 3.05) is 14.2 Å². The van der Waals surface area contributed by atoms with Gasteiger partial charge in [0, 0.05) is 23.4 Å². The van der Waals surface area contributed by atoms with Crippen LogP contribution in [0.4, 0.5) is 4.39 Å². The van der Waals surface area contributed by atoms with Crippen LogP contribution in [-0.2, 0) is 0 Å². The summed E-state index contributed by atoms with van der Waals surface area (Å²) in [5.74, 6) is 1.04. The van der Waals surface area contributed by atoms with E-state index in [-0.39, 0.29) is 11.9 Å². The molecule has 0 fully saturated rings. The van der Waals surface area contributed by atoms with E-state index in [0.717, 1.165) is 23.4 Å². The summed E-state index contributed by atoms with van der Waals surface area (Å²) >= 11 is 0. The third-order valence-corrected chi connectivity index (χ3v) is 4.94. The van der Waals surface area contributed by atoms with Crippen molar-refractivity contribution in [3.63, 3.8) is 0 Å². The van der Waals surface area contributed by atoms with Crippen LogP contribution in [-0.4, -0.2) is 24.5 Å². The lowest BCUT2D eigenvalue weighted by Gasteiger charge is -2.18. The second-order valence-corrected chi connectivity index (χ2v) is 6.41. The standard InChI is InChI=1S/C22H21FN2O2/c1-4-17-15-12-20(26-2)21(27-3)13-19(15)25-11-7-10-18(25)22(24-17)14-8-5-6-9-16(14)23/h5-13,17H,4H2,1-3H3. The van der Waals surface area contributed by atoms with Gasteiger partial charge in [-0.25, -0.2) is 4.39 Å². The molecule has 0 aliphatic carbocycles. The maximum absolute atomic E-state index is 14.6. The van der Waals surface area contributed by atoms with Crippen molar-refractivity contribution in [2.45, 2.75) is 19.4 Å². The van der Waals surface area contributed by atoms with E-state index in [9.17, 15) is 4.39 Å². The average molecular weight is 364 g/mol. The third-order valence-electron chi connectivity index (χ3n) is 4.94. The monoisotopic (exact) mass is 364 g/mol. The first kappa shape index (κ1) is 17.3. The first-order chi connectivity index (χ1) is 13.2. The van der Waals surface area contributed by atoms with Crippen LogP contribution in [0.1, 0.15) is 36.2 Å². The molecule has 1 aliphatic heterocycles. The summed E-state index contributed by atoms with van der Waals surface area (Å²) in [6.07, 6.45) is 2.75. The number of aromatic nitrogens is 1. The molecule has 27 heavy (non-hydrogen) atoms. The van der Waals surface area contributed by atoms with Gasteiger partial charge in [-0.2, -0.15) is 0 Å². The smallest absolute Gasteiger partial charge is 0.162 e. The maximum Gasteiger partial charge on any atom is 0.162 e. The largest absolute Gasteiger partial charge is 0.493 e. The maximum atomic E-state index is 14.6. The topological polar surface area (TPSA) is 35.8 Å². The van der Waals surface area contributed by atoms with E-state index in [1.54, 1.807) is 26.4 Å². The molecule has 0 N–H and O–H groups in total. The van der Waals surface area contributed by atoms with E-state index in [1.165, 1.54) is 6.07 Å². The third kappa shape index (κ3) is 2.79. The van der Waals surface area contributed by atoms with Gasteiger partial charge in [0.2, 0.25) is 0 Å². The molecule has 0 radical (unpaired) electrons. The Labute approximate surface area is 157 Å². The van der Waals surface area contributed by atoms with Crippen LogP contribution in [0.5, 0.6) is 11.5 Å². The van der Waals surface area contributed by atoms with Crippen molar-refractivity contribution >= 4 is 5.71 Å². The summed E-state index contributed by atoms with van der Waals surface area (Å²) in [5, 5.41) is 0. The van der Waals surface area contributed by atoms with Crippen LogP contribution in [0.15, 0.2) is 59.7 Å². The minimum atomic E-state index is -0.278. The van der Waals surface area contributed by atoms with E-state index in [2.05, 4.69) is 6.92 Å². The summed E-state index contributed by atoms with van der Waals surface area (Å²) in [6, 6.07) is 14.5. The van der Waals surface area contributed by atoms with Crippen molar-refractivity contribution in [3.05, 3.63) is 77.4 Å². The van der Waals surface area contributed by atoms with Crippen LogP contribution >= 0.6 is 0 Å². The molecule has 5 heteroatoms. The highest BCUT2D eigenvalue weighted by atomic mass is 19.1. The second-order valence-electron chi connectivity index (χ2n) is 6.41. The van der Waals surface area contributed by atoms with E-state index < -0.39 is 0 Å². The first-order valence-electron chi connectivity index (χ1n) is 8.94. The van der Waals surface area contributed by atoms with Gasteiger partial charge in [-0.3, -0.25) is 4.99 Å². The zero-order valence-corrected chi connectivity index (χ0v) is 15.6. The molecule has 0 saturated carbocycles. The van der Waals surface area contributed by atoms with E-state index in [1.807, 2.05) is 41.1 Å². The molecule has 1 aromatic heterocycles. The molecule has 2 heterocycles. The zero-order valence-electron chi connectivity index (χ0n) is 15.6. The fourth-order valence-electron chi connectivity index (χ4n) is 3.61. The van der Waals surface area contributed by atoms with Crippen molar-refractivity contribution in [1.82, 2.24) is 4.57 Å². The Bertz CT molecular complexity index is 1020. The summed E-state index contributed by atoms with van der Waals surface area (Å²) < 4.78 is 27.6. The molecule has 1 atom stereocenters. The van der Waals surface area contributed by atoms with Crippen LogP contribution < -0.4 is 9.47 Å². The molecular formula is C22H21FN2O2. The SMILES string of the molecule is CCC1N=C(c2ccccc2F)c2cccn2-c2cc(OC)c(OC)cc21. The van der Waals surface area contributed by atoms with Gasteiger partial charge < -0.3 is 14.0 Å². The number of halogens is 1. The molecule has 2 aromatic carbocycles. The molecule has 3 aromatic rings. The average Bonchev–Trinajstić information content (AvgIpc) is 3.14. The van der Waals surface area contributed by atoms with Gasteiger partial charge >= 0.3 is 0 Å². The number of nitrogens with zero attached hydrogens (tertiary/aromatic N) is 2.